The van der Waals surface area contributed by atoms with Crippen molar-refractivity contribution in [2.75, 3.05) is 6.61 Å². The average Bonchev–Trinajstić information content (AvgIpc) is 2.16. The summed E-state index contributed by atoms with van der Waals surface area (Å²) in [6, 6.07) is 3.76. The maximum absolute atomic E-state index is 12.4. The zero-order valence-corrected chi connectivity index (χ0v) is 8.73. The molecule has 4 heteroatoms. The predicted octanol–water partition coefficient (Wildman–Crippen LogP) is 2.75. The van der Waals surface area contributed by atoms with Crippen LogP contribution in [-0.4, -0.2) is 11.7 Å². The van der Waals surface area contributed by atoms with Crippen LogP contribution in [-0.2, 0) is 6.18 Å². The van der Waals surface area contributed by atoms with Crippen molar-refractivity contribution in [2.45, 2.75) is 19.5 Å². The Kier molecular flexibility index (Phi) is 3.97. The summed E-state index contributed by atoms with van der Waals surface area (Å²) in [5.41, 5.74) is 0.0439. The molecule has 0 aliphatic heterocycles. The maximum atomic E-state index is 12.4. The molecule has 0 amide bonds. The summed E-state index contributed by atoms with van der Waals surface area (Å²) in [5, 5.41) is 8.50. The molecule has 1 aromatic rings. The van der Waals surface area contributed by atoms with Crippen molar-refractivity contribution < 1.29 is 18.3 Å². The SMILES string of the molecule is Cc1cc(C#CCCO)ccc1C(F)(F)F. The van der Waals surface area contributed by atoms with Crippen LogP contribution in [0, 0.1) is 18.8 Å². The molecular formula is C12H11F3O. The van der Waals surface area contributed by atoms with E-state index in [-0.39, 0.29) is 12.2 Å². The summed E-state index contributed by atoms with van der Waals surface area (Å²) in [7, 11) is 0. The van der Waals surface area contributed by atoms with Crippen LogP contribution >= 0.6 is 0 Å². The third-order valence-corrected chi connectivity index (χ3v) is 2.00. The Hall–Kier alpha value is -1.47. The molecule has 0 radical (unpaired) electrons. The van der Waals surface area contributed by atoms with Crippen LogP contribution in [0.15, 0.2) is 18.2 Å². The molecule has 0 unspecified atom stereocenters. The van der Waals surface area contributed by atoms with Gasteiger partial charge in [-0.15, -0.1) is 0 Å². The molecule has 0 aliphatic rings. The fourth-order valence-corrected chi connectivity index (χ4v) is 1.28. The molecule has 0 aliphatic carbocycles. The van der Waals surface area contributed by atoms with Gasteiger partial charge in [0.25, 0.3) is 0 Å². The second-order valence-electron chi connectivity index (χ2n) is 3.30. The van der Waals surface area contributed by atoms with Gasteiger partial charge < -0.3 is 5.11 Å². The Bertz CT molecular complexity index is 424. The van der Waals surface area contributed by atoms with Gasteiger partial charge in [0, 0.05) is 12.0 Å². The van der Waals surface area contributed by atoms with Crippen LogP contribution in [0.2, 0.25) is 0 Å². The van der Waals surface area contributed by atoms with Gasteiger partial charge in [-0.25, -0.2) is 0 Å². The van der Waals surface area contributed by atoms with Crippen LogP contribution < -0.4 is 0 Å². The molecule has 0 saturated heterocycles. The van der Waals surface area contributed by atoms with E-state index in [1.165, 1.54) is 19.1 Å². The molecule has 0 bridgehead atoms. The number of hydrogen-bond acceptors (Lipinski definition) is 1. The Balaban J connectivity index is 2.97. The quantitative estimate of drug-likeness (QED) is 0.733. The number of aliphatic hydroxyl groups excluding tert-OH is 1. The van der Waals surface area contributed by atoms with Crippen LogP contribution in [0.4, 0.5) is 13.2 Å². The Labute approximate surface area is 91.9 Å². The molecule has 0 saturated carbocycles. The standard InChI is InChI=1S/C12H11F3O/c1-9-8-10(4-2-3-7-16)5-6-11(9)12(13,14)15/h5-6,8,16H,3,7H2,1H3. The first-order valence-corrected chi connectivity index (χ1v) is 4.72. The van der Waals surface area contributed by atoms with Gasteiger partial charge in [0.2, 0.25) is 0 Å². The van der Waals surface area contributed by atoms with Crippen molar-refractivity contribution >= 4 is 0 Å². The summed E-state index contributed by atoms with van der Waals surface area (Å²) in [4.78, 5) is 0. The summed E-state index contributed by atoms with van der Waals surface area (Å²) >= 11 is 0. The lowest BCUT2D eigenvalue weighted by Crippen LogP contribution is -2.07. The van der Waals surface area contributed by atoms with E-state index in [2.05, 4.69) is 11.8 Å². The third kappa shape index (κ3) is 3.28. The van der Waals surface area contributed by atoms with Crippen molar-refractivity contribution in [1.29, 1.82) is 0 Å². The Morgan fingerprint density at radius 3 is 2.50 bits per heavy atom. The third-order valence-electron chi connectivity index (χ3n) is 2.00. The number of aryl methyl sites for hydroxylation is 1. The molecule has 1 aromatic carbocycles. The highest BCUT2D eigenvalue weighted by molar-refractivity contribution is 5.41. The first-order valence-electron chi connectivity index (χ1n) is 4.72. The van der Waals surface area contributed by atoms with E-state index in [4.69, 9.17) is 5.11 Å². The van der Waals surface area contributed by atoms with Crippen LogP contribution in [0.1, 0.15) is 23.1 Å². The minimum Gasteiger partial charge on any atom is -0.395 e. The first-order chi connectivity index (χ1) is 7.45. The molecule has 16 heavy (non-hydrogen) atoms. The van der Waals surface area contributed by atoms with Crippen molar-refractivity contribution in [2.24, 2.45) is 0 Å². The first kappa shape index (κ1) is 12.6. The fraction of sp³-hybridized carbons (Fsp3) is 0.333. The monoisotopic (exact) mass is 228 g/mol. The summed E-state index contributed by atoms with van der Waals surface area (Å²) < 4.78 is 37.3. The predicted molar refractivity (Wildman–Crippen MR) is 54.8 cm³/mol. The van der Waals surface area contributed by atoms with E-state index in [0.717, 1.165) is 6.07 Å². The van der Waals surface area contributed by atoms with Crippen LogP contribution in [0.25, 0.3) is 0 Å². The molecular weight excluding hydrogens is 217 g/mol. The number of benzene rings is 1. The van der Waals surface area contributed by atoms with Gasteiger partial charge in [-0.1, -0.05) is 11.8 Å². The molecule has 1 N–H and O–H groups in total. The lowest BCUT2D eigenvalue weighted by atomic mass is 10.0. The van der Waals surface area contributed by atoms with Gasteiger partial charge in [0.1, 0.15) is 0 Å². The van der Waals surface area contributed by atoms with E-state index in [0.29, 0.717) is 12.0 Å². The molecule has 0 aromatic heterocycles. The number of alkyl halides is 3. The topological polar surface area (TPSA) is 20.2 Å². The van der Waals surface area contributed by atoms with E-state index < -0.39 is 11.7 Å². The van der Waals surface area contributed by atoms with Gasteiger partial charge in [0.05, 0.1) is 12.2 Å². The number of hydrogen-bond donors (Lipinski definition) is 1. The smallest absolute Gasteiger partial charge is 0.395 e. The molecule has 0 spiro atoms. The van der Waals surface area contributed by atoms with Crippen molar-refractivity contribution in [3.05, 3.63) is 34.9 Å². The molecule has 86 valence electrons. The lowest BCUT2D eigenvalue weighted by molar-refractivity contribution is -0.138. The maximum Gasteiger partial charge on any atom is 0.416 e. The normalized spacial score (nSPS) is 10.8. The second-order valence-corrected chi connectivity index (χ2v) is 3.30. The highest BCUT2D eigenvalue weighted by atomic mass is 19.4. The second kappa shape index (κ2) is 5.04. The minimum absolute atomic E-state index is 0.0490. The zero-order chi connectivity index (χ0) is 12.2. The molecule has 0 heterocycles. The summed E-state index contributed by atoms with van der Waals surface area (Å²) in [6.45, 7) is 1.35. The largest absolute Gasteiger partial charge is 0.416 e. The van der Waals surface area contributed by atoms with Gasteiger partial charge in [-0.2, -0.15) is 13.2 Å². The summed E-state index contributed by atoms with van der Waals surface area (Å²) in [5.74, 6) is 5.34. The number of aliphatic hydroxyl groups is 1. The van der Waals surface area contributed by atoms with E-state index in [1.54, 1.807) is 0 Å². The molecule has 1 nitrogen and oxygen atoms in total. The molecule has 0 atom stereocenters. The minimum atomic E-state index is -4.32. The molecule has 0 fully saturated rings. The van der Waals surface area contributed by atoms with E-state index in [9.17, 15) is 13.2 Å². The van der Waals surface area contributed by atoms with Crippen molar-refractivity contribution in [1.82, 2.24) is 0 Å². The van der Waals surface area contributed by atoms with Crippen molar-refractivity contribution in [3.63, 3.8) is 0 Å². The van der Waals surface area contributed by atoms with Gasteiger partial charge >= 0.3 is 6.18 Å². The van der Waals surface area contributed by atoms with Gasteiger partial charge in [0.15, 0.2) is 0 Å². The van der Waals surface area contributed by atoms with E-state index >= 15 is 0 Å². The number of halogens is 3. The average molecular weight is 228 g/mol. The highest BCUT2D eigenvalue weighted by Crippen LogP contribution is 2.31. The van der Waals surface area contributed by atoms with Crippen molar-refractivity contribution in [3.8, 4) is 11.8 Å². The Morgan fingerprint density at radius 2 is 2.00 bits per heavy atom. The summed E-state index contributed by atoms with van der Waals surface area (Å²) in [6.07, 6.45) is -4.00. The highest BCUT2D eigenvalue weighted by Gasteiger charge is 2.31. The van der Waals surface area contributed by atoms with E-state index in [1.807, 2.05) is 0 Å². The zero-order valence-electron chi connectivity index (χ0n) is 8.73. The lowest BCUT2D eigenvalue weighted by Gasteiger charge is -2.09. The van der Waals surface area contributed by atoms with Gasteiger partial charge in [-0.3, -0.25) is 0 Å². The van der Waals surface area contributed by atoms with Crippen LogP contribution in [0.5, 0.6) is 0 Å². The Morgan fingerprint density at radius 1 is 1.31 bits per heavy atom. The fourth-order valence-electron chi connectivity index (χ4n) is 1.28. The molecule has 1 rings (SSSR count). The van der Waals surface area contributed by atoms with Gasteiger partial charge in [-0.05, 0) is 30.7 Å². The van der Waals surface area contributed by atoms with Crippen LogP contribution in [0.3, 0.4) is 0 Å². The number of rotatable bonds is 1.